The van der Waals surface area contributed by atoms with E-state index in [0.29, 0.717) is 0 Å². The average molecular weight is 287 g/mol. The predicted octanol–water partition coefficient (Wildman–Crippen LogP) is 2.15. The van der Waals surface area contributed by atoms with Crippen LogP contribution in [0.2, 0.25) is 0 Å². The molecule has 3 nitrogen and oxygen atoms in total. The van der Waals surface area contributed by atoms with Gasteiger partial charge in [-0.05, 0) is 12.1 Å². The standard InChI is InChI=1S/C10H13Cl2NO2S/c11-6-8-13(9-7-12)16(14,15)10-4-2-1-3-5-10/h1-5H,6-9H2/i1D,2D,3D,4D,5D. The minimum Gasteiger partial charge on any atom is -0.207 e. The maximum Gasteiger partial charge on any atom is 0.243 e. The molecule has 0 unspecified atom stereocenters. The highest BCUT2D eigenvalue weighted by molar-refractivity contribution is 7.89. The van der Waals surface area contributed by atoms with Gasteiger partial charge in [0.1, 0.15) is 0 Å². The molecule has 0 aliphatic heterocycles. The van der Waals surface area contributed by atoms with Gasteiger partial charge in [-0.25, -0.2) is 8.42 Å². The Kier molecular flexibility index (Phi) is 3.19. The number of hydrogen-bond donors (Lipinski definition) is 0. The fraction of sp³-hybridized carbons (Fsp3) is 0.400. The summed E-state index contributed by atoms with van der Waals surface area (Å²) in [6.07, 6.45) is 0. The summed E-state index contributed by atoms with van der Waals surface area (Å²) in [6, 6.07) is -3.59. The molecule has 0 fully saturated rings. The zero-order valence-electron chi connectivity index (χ0n) is 13.3. The van der Waals surface area contributed by atoms with Crippen LogP contribution in [-0.2, 0) is 10.0 Å². The Hall–Kier alpha value is -0.290. The zero-order valence-corrected chi connectivity index (χ0v) is 10.6. The van der Waals surface area contributed by atoms with Gasteiger partial charge in [-0.15, -0.1) is 23.2 Å². The molecule has 6 heteroatoms. The molecule has 0 atom stereocenters. The quantitative estimate of drug-likeness (QED) is 0.752. The molecular formula is C10H13Cl2NO2S. The molecule has 1 aromatic rings. The van der Waals surface area contributed by atoms with E-state index in [1.54, 1.807) is 0 Å². The fourth-order valence-corrected chi connectivity index (χ4v) is 2.93. The Morgan fingerprint density at radius 3 is 2.06 bits per heavy atom. The maximum atomic E-state index is 12.5. The summed E-state index contributed by atoms with van der Waals surface area (Å²) < 4.78 is 63.8. The van der Waals surface area contributed by atoms with Crippen molar-refractivity contribution in [2.75, 3.05) is 24.8 Å². The number of sulfonamides is 1. The molecule has 0 radical (unpaired) electrons. The molecule has 1 aromatic carbocycles. The summed E-state index contributed by atoms with van der Waals surface area (Å²) in [5, 5.41) is 0. The van der Waals surface area contributed by atoms with Crippen molar-refractivity contribution in [3.63, 3.8) is 0 Å². The first-order valence-corrected chi connectivity index (χ1v) is 6.90. The van der Waals surface area contributed by atoms with Crippen LogP contribution < -0.4 is 0 Å². The van der Waals surface area contributed by atoms with E-state index < -0.39 is 45.1 Å². The monoisotopic (exact) mass is 286 g/mol. The second kappa shape index (κ2) is 6.45. The number of rotatable bonds is 6. The molecule has 0 saturated heterocycles. The van der Waals surface area contributed by atoms with E-state index in [1.807, 2.05) is 0 Å². The third kappa shape index (κ3) is 3.35. The van der Waals surface area contributed by atoms with Crippen LogP contribution in [0.1, 0.15) is 6.85 Å². The van der Waals surface area contributed by atoms with Gasteiger partial charge < -0.3 is 0 Å². The van der Waals surface area contributed by atoms with Gasteiger partial charge in [0.25, 0.3) is 0 Å². The van der Waals surface area contributed by atoms with Crippen LogP contribution in [0, 0.1) is 0 Å². The van der Waals surface area contributed by atoms with Crippen LogP contribution in [0.15, 0.2) is 35.1 Å². The van der Waals surface area contributed by atoms with Gasteiger partial charge >= 0.3 is 0 Å². The lowest BCUT2D eigenvalue weighted by Gasteiger charge is -2.19. The van der Waals surface area contributed by atoms with E-state index in [4.69, 9.17) is 30.1 Å². The third-order valence-corrected chi connectivity index (χ3v) is 3.85. The summed E-state index contributed by atoms with van der Waals surface area (Å²) in [7, 11) is -4.28. The van der Waals surface area contributed by atoms with Crippen LogP contribution in [0.4, 0.5) is 0 Å². The number of nitrogens with zero attached hydrogens (tertiary/aromatic N) is 1. The van der Waals surface area contributed by atoms with Crippen molar-refractivity contribution in [1.29, 1.82) is 0 Å². The Morgan fingerprint density at radius 1 is 1.12 bits per heavy atom. The van der Waals surface area contributed by atoms with Gasteiger partial charge in [0.15, 0.2) is 0 Å². The molecule has 90 valence electrons. The van der Waals surface area contributed by atoms with E-state index in [9.17, 15) is 8.42 Å². The molecule has 0 heterocycles. The lowest BCUT2D eigenvalue weighted by atomic mass is 10.4. The van der Waals surface area contributed by atoms with Crippen molar-refractivity contribution < 1.29 is 15.3 Å². The molecule has 0 amide bonds. The van der Waals surface area contributed by atoms with Crippen molar-refractivity contribution in [2.24, 2.45) is 0 Å². The Morgan fingerprint density at radius 2 is 1.62 bits per heavy atom. The topological polar surface area (TPSA) is 37.4 Å². The summed E-state index contributed by atoms with van der Waals surface area (Å²) in [5.41, 5.74) is 0. The number of hydrogen-bond acceptors (Lipinski definition) is 2. The molecule has 16 heavy (non-hydrogen) atoms. The van der Waals surface area contributed by atoms with Crippen LogP contribution in [-0.4, -0.2) is 37.6 Å². The third-order valence-electron chi connectivity index (χ3n) is 1.74. The van der Waals surface area contributed by atoms with E-state index in [0.717, 1.165) is 4.31 Å². The number of benzene rings is 1. The van der Waals surface area contributed by atoms with Crippen molar-refractivity contribution in [1.82, 2.24) is 4.31 Å². The number of alkyl halides is 2. The molecule has 0 aliphatic rings. The second-order valence-corrected chi connectivity index (χ2v) is 5.37. The molecule has 0 saturated carbocycles. The van der Waals surface area contributed by atoms with E-state index in [-0.39, 0.29) is 24.8 Å². The smallest absolute Gasteiger partial charge is 0.207 e. The van der Waals surface area contributed by atoms with Gasteiger partial charge in [0, 0.05) is 24.8 Å². The molecule has 0 spiro atoms. The first-order chi connectivity index (χ1) is 9.69. The van der Waals surface area contributed by atoms with Crippen molar-refractivity contribution >= 4 is 33.2 Å². The molecule has 0 bridgehead atoms. The molecular weight excluding hydrogens is 269 g/mol. The number of halogens is 2. The Bertz CT molecular complexity index is 606. The summed E-state index contributed by atoms with van der Waals surface area (Å²) in [6.45, 7) is -0.141. The average Bonchev–Trinajstić information content (AvgIpc) is 2.42. The zero-order chi connectivity index (χ0) is 16.4. The van der Waals surface area contributed by atoms with Crippen molar-refractivity contribution in [3.05, 3.63) is 30.2 Å². The van der Waals surface area contributed by atoms with E-state index in [1.165, 1.54) is 0 Å². The predicted molar refractivity (Wildman–Crippen MR) is 66.6 cm³/mol. The minimum absolute atomic E-state index is 0.00518. The van der Waals surface area contributed by atoms with E-state index in [2.05, 4.69) is 0 Å². The highest BCUT2D eigenvalue weighted by Gasteiger charge is 2.22. The van der Waals surface area contributed by atoms with Gasteiger partial charge in [0.2, 0.25) is 10.0 Å². The van der Waals surface area contributed by atoms with Crippen LogP contribution in [0.3, 0.4) is 0 Å². The van der Waals surface area contributed by atoms with Gasteiger partial charge in [0.05, 0.1) is 11.7 Å². The Labute approximate surface area is 113 Å². The SMILES string of the molecule is [2H]c1c([2H])c([2H])c(S(=O)(=O)N(CCCl)CCCl)c([2H])c1[2H]. The van der Waals surface area contributed by atoms with Crippen molar-refractivity contribution in [3.8, 4) is 0 Å². The summed E-state index contributed by atoms with van der Waals surface area (Å²) >= 11 is 11.1. The van der Waals surface area contributed by atoms with Gasteiger partial charge in [-0.2, -0.15) is 4.31 Å². The first-order valence-electron chi connectivity index (χ1n) is 6.89. The largest absolute Gasteiger partial charge is 0.243 e. The van der Waals surface area contributed by atoms with E-state index >= 15 is 0 Å². The lowest BCUT2D eigenvalue weighted by molar-refractivity contribution is 0.448. The van der Waals surface area contributed by atoms with Crippen LogP contribution >= 0.6 is 23.2 Å². The minimum atomic E-state index is -4.28. The maximum absolute atomic E-state index is 12.5. The first kappa shape index (κ1) is 7.93. The fourth-order valence-electron chi connectivity index (χ4n) is 1.04. The summed E-state index contributed by atoms with van der Waals surface area (Å²) in [5.74, 6) is -0.0104. The summed E-state index contributed by atoms with van der Waals surface area (Å²) in [4.78, 5) is -0.760. The molecule has 0 aromatic heterocycles. The highest BCUT2D eigenvalue weighted by atomic mass is 35.5. The molecule has 0 N–H and O–H groups in total. The Balaban J connectivity index is 3.58. The van der Waals surface area contributed by atoms with Gasteiger partial charge in [-0.1, -0.05) is 18.1 Å². The second-order valence-electron chi connectivity index (χ2n) is 2.74. The van der Waals surface area contributed by atoms with Crippen LogP contribution in [0.25, 0.3) is 0 Å². The lowest BCUT2D eigenvalue weighted by Crippen LogP contribution is -2.34. The van der Waals surface area contributed by atoms with Crippen LogP contribution in [0.5, 0.6) is 0 Å². The van der Waals surface area contributed by atoms with Crippen molar-refractivity contribution in [2.45, 2.75) is 4.90 Å². The molecule has 0 aliphatic carbocycles. The molecule has 1 rings (SSSR count). The normalized spacial score (nSPS) is 16.3. The van der Waals surface area contributed by atoms with Gasteiger partial charge in [-0.3, -0.25) is 0 Å². The highest BCUT2D eigenvalue weighted by Crippen LogP contribution is 2.14.